The van der Waals surface area contributed by atoms with E-state index in [0.717, 1.165) is 28.0 Å². The first-order chi connectivity index (χ1) is 8.69. The van der Waals surface area contributed by atoms with Crippen LogP contribution in [0.1, 0.15) is 0 Å². The fourth-order valence-corrected chi connectivity index (χ4v) is 2.05. The van der Waals surface area contributed by atoms with Gasteiger partial charge in [-0.25, -0.2) is 4.98 Å². The smallest absolute Gasteiger partial charge is 0.127 e. The van der Waals surface area contributed by atoms with Crippen LogP contribution in [0.4, 0.5) is 5.82 Å². The Bertz CT molecular complexity index is 709. The van der Waals surface area contributed by atoms with E-state index in [2.05, 4.69) is 20.5 Å². The van der Waals surface area contributed by atoms with Crippen molar-refractivity contribution in [1.29, 1.82) is 0 Å². The third-order valence-electron chi connectivity index (χ3n) is 2.97. The maximum Gasteiger partial charge on any atom is 0.127 e. The molecule has 0 unspecified atom stereocenters. The highest BCUT2D eigenvalue weighted by molar-refractivity contribution is 5.93. The summed E-state index contributed by atoms with van der Waals surface area (Å²) in [5.74, 6) is 0.836. The minimum atomic E-state index is 0.836. The van der Waals surface area contributed by atoms with Crippen LogP contribution < -0.4 is 5.32 Å². The number of anilines is 1. The molecular weight excluding hydrogens is 228 g/mol. The van der Waals surface area contributed by atoms with Crippen molar-refractivity contribution in [3.63, 3.8) is 0 Å². The Labute approximate surface area is 104 Å². The van der Waals surface area contributed by atoms with Crippen LogP contribution in [0.2, 0.25) is 0 Å². The third kappa shape index (κ3) is 1.54. The lowest BCUT2D eigenvalue weighted by molar-refractivity contribution is 0.767. The van der Waals surface area contributed by atoms with Gasteiger partial charge >= 0.3 is 0 Å². The van der Waals surface area contributed by atoms with Crippen LogP contribution in [-0.2, 0) is 14.1 Å². The van der Waals surface area contributed by atoms with Gasteiger partial charge in [0.2, 0.25) is 0 Å². The molecular formula is C12H14N6. The maximum absolute atomic E-state index is 4.54. The topological polar surface area (TPSA) is 60.6 Å². The Morgan fingerprint density at radius 1 is 1.22 bits per heavy atom. The molecule has 0 spiro atoms. The highest BCUT2D eigenvalue weighted by atomic mass is 15.3. The zero-order valence-electron chi connectivity index (χ0n) is 10.5. The van der Waals surface area contributed by atoms with Crippen molar-refractivity contribution in [2.75, 3.05) is 12.4 Å². The molecule has 0 aliphatic heterocycles. The van der Waals surface area contributed by atoms with E-state index in [1.165, 1.54) is 0 Å². The molecule has 3 aromatic rings. The van der Waals surface area contributed by atoms with Gasteiger partial charge in [-0.2, -0.15) is 10.2 Å². The molecule has 18 heavy (non-hydrogen) atoms. The van der Waals surface area contributed by atoms with Gasteiger partial charge in [0.1, 0.15) is 11.5 Å². The van der Waals surface area contributed by atoms with Crippen molar-refractivity contribution in [2.24, 2.45) is 14.1 Å². The maximum atomic E-state index is 4.54. The standard InChI is InChI=1S/C12H14N6/c1-13-11-4-10-9(6-14-11)12(16-18(10)3)8-5-15-17(2)7-8/h4-7H,1-3H3,(H,13,14). The summed E-state index contributed by atoms with van der Waals surface area (Å²) in [6.07, 6.45) is 5.61. The van der Waals surface area contributed by atoms with Crippen molar-refractivity contribution < 1.29 is 0 Å². The number of nitrogens with one attached hydrogen (secondary N) is 1. The van der Waals surface area contributed by atoms with Gasteiger partial charge in [0.25, 0.3) is 0 Å². The van der Waals surface area contributed by atoms with Crippen molar-refractivity contribution in [3.05, 3.63) is 24.7 Å². The molecule has 0 saturated carbocycles. The lowest BCUT2D eigenvalue weighted by Gasteiger charge is -1.99. The number of aromatic nitrogens is 5. The van der Waals surface area contributed by atoms with E-state index >= 15 is 0 Å². The second-order valence-corrected chi connectivity index (χ2v) is 4.21. The van der Waals surface area contributed by atoms with E-state index in [1.807, 2.05) is 50.5 Å². The normalized spacial score (nSPS) is 11.1. The Balaban J connectivity index is 2.25. The summed E-state index contributed by atoms with van der Waals surface area (Å²) in [4.78, 5) is 4.34. The molecule has 0 atom stereocenters. The molecule has 3 aromatic heterocycles. The van der Waals surface area contributed by atoms with Crippen molar-refractivity contribution in [1.82, 2.24) is 24.5 Å². The molecule has 92 valence electrons. The molecule has 0 saturated heterocycles. The second kappa shape index (κ2) is 3.83. The summed E-state index contributed by atoms with van der Waals surface area (Å²) in [6.45, 7) is 0. The molecule has 0 aromatic carbocycles. The second-order valence-electron chi connectivity index (χ2n) is 4.21. The van der Waals surface area contributed by atoms with Crippen LogP contribution >= 0.6 is 0 Å². The molecule has 6 heteroatoms. The summed E-state index contributed by atoms with van der Waals surface area (Å²) in [5, 5.41) is 12.8. The number of fused-ring (bicyclic) bond motifs is 1. The first-order valence-electron chi connectivity index (χ1n) is 5.68. The summed E-state index contributed by atoms with van der Waals surface area (Å²) < 4.78 is 3.63. The molecule has 0 radical (unpaired) electrons. The highest BCUT2D eigenvalue weighted by Crippen LogP contribution is 2.27. The average molecular weight is 242 g/mol. The number of hydrogen-bond acceptors (Lipinski definition) is 4. The zero-order valence-corrected chi connectivity index (χ0v) is 10.5. The van der Waals surface area contributed by atoms with Crippen LogP contribution in [0.25, 0.3) is 22.2 Å². The summed E-state index contributed by atoms with van der Waals surface area (Å²) >= 11 is 0. The number of pyridine rings is 1. The van der Waals surface area contributed by atoms with Crippen LogP contribution in [0.5, 0.6) is 0 Å². The van der Waals surface area contributed by atoms with E-state index < -0.39 is 0 Å². The minimum Gasteiger partial charge on any atom is -0.373 e. The fourth-order valence-electron chi connectivity index (χ4n) is 2.05. The Kier molecular flexibility index (Phi) is 2.29. The molecule has 3 heterocycles. The van der Waals surface area contributed by atoms with E-state index in [9.17, 15) is 0 Å². The van der Waals surface area contributed by atoms with Gasteiger partial charge in [-0.05, 0) is 0 Å². The zero-order chi connectivity index (χ0) is 12.7. The minimum absolute atomic E-state index is 0.836. The fraction of sp³-hybridized carbons (Fsp3) is 0.250. The lowest BCUT2D eigenvalue weighted by Crippen LogP contribution is -1.93. The molecule has 0 fully saturated rings. The largest absolute Gasteiger partial charge is 0.373 e. The van der Waals surface area contributed by atoms with Gasteiger partial charge in [-0.1, -0.05) is 0 Å². The first-order valence-corrected chi connectivity index (χ1v) is 5.68. The molecule has 0 amide bonds. The Morgan fingerprint density at radius 2 is 2.06 bits per heavy atom. The van der Waals surface area contributed by atoms with Gasteiger partial charge in [-0.3, -0.25) is 9.36 Å². The van der Waals surface area contributed by atoms with Crippen LogP contribution in [0.15, 0.2) is 24.7 Å². The Hall–Kier alpha value is -2.37. The molecule has 0 bridgehead atoms. The highest BCUT2D eigenvalue weighted by Gasteiger charge is 2.12. The predicted octanol–water partition coefficient (Wildman–Crippen LogP) is 1.41. The summed E-state index contributed by atoms with van der Waals surface area (Å²) in [7, 11) is 5.68. The third-order valence-corrected chi connectivity index (χ3v) is 2.97. The van der Waals surface area contributed by atoms with Crippen LogP contribution in [0.3, 0.4) is 0 Å². The van der Waals surface area contributed by atoms with Crippen molar-refractivity contribution in [3.8, 4) is 11.3 Å². The van der Waals surface area contributed by atoms with E-state index in [4.69, 9.17) is 0 Å². The van der Waals surface area contributed by atoms with Gasteiger partial charge in [0.05, 0.1) is 11.7 Å². The van der Waals surface area contributed by atoms with Crippen molar-refractivity contribution >= 4 is 16.7 Å². The van der Waals surface area contributed by atoms with Crippen LogP contribution in [-0.4, -0.2) is 31.6 Å². The molecule has 1 N–H and O–H groups in total. The number of aryl methyl sites for hydroxylation is 2. The lowest BCUT2D eigenvalue weighted by atomic mass is 10.2. The summed E-state index contributed by atoms with van der Waals surface area (Å²) in [5.41, 5.74) is 2.96. The van der Waals surface area contributed by atoms with Gasteiger partial charge in [0, 0.05) is 50.6 Å². The SMILES string of the molecule is CNc1cc2c(cn1)c(-c1cnn(C)c1)nn2C. The molecule has 0 aliphatic rings. The quantitative estimate of drug-likeness (QED) is 0.738. The predicted molar refractivity (Wildman–Crippen MR) is 70.3 cm³/mol. The van der Waals surface area contributed by atoms with Crippen LogP contribution in [0, 0.1) is 0 Å². The van der Waals surface area contributed by atoms with Gasteiger partial charge in [-0.15, -0.1) is 0 Å². The monoisotopic (exact) mass is 242 g/mol. The van der Waals surface area contributed by atoms with E-state index in [1.54, 1.807) is 4.68 Å². The average Bonchev–Trinajstić information content (AvgIpc) is 2.94. The van der Waals surface area contributed by atoms with E-state index in [0.29, 0.717) is 0 Å². The van der Waals surface area contributed by atoms with Gasteiger partial charge in [0.15, 0.2) is 0 Å². The number of hydrogen-bond donors (Lipinski definition) is 1. The van der Waals surface area contributed by atoms with Gasteiger partial charge < -0.3 is 5.32 Å². The summed E-state index contributed by atoms with van der Waals surface area (Å²) in [6, 6.07) is 1.99. The molecule has 6 nitrogen and oxygen atoms in total. The first kappa shape index (κ1) is 10.8. The molecule has 3 rings (SSSR count). The number of nitrogens with zero attached hydrogens (tertiary/aromatic N) is 5. The molecule has 0 aliphatic carbocycles. The van der Waals surface area contributed by atoms with E-state index in [-0.39, 0.29) is 0 Å². The Morgan fingerprint density at radius 3 is 2.72 bits per heavy atom. The number of rotatable bonds is 2. The van der Waals surface area contributed by atoms with Crippen molar-refractivity contribution in [2.45, 2.75) is 0 Å².